The molecule has 0 aliphatic rings. The zero-order valence-electron chi connectivity index (χ0n) is 7.38. The van der Waals surface area contributed by atoms with Gasteiger partial charge in [0.15, 0.2) is 0 Å². The monoisotopic (exact) mass is 262 g/mol. The number of thiophene rings is 1. The fourth-order valence-electron chi connectivity index (χ4n) is 0.826. The lowest BCUT2D eigenvalue weighted by atomic mass is 10.3. The lowest BCUT2D eigenvalue weighted by molar-refractivity contribution is 0.0499. The minimum absolute atomic E-state index is 0.235. The molecule has 2 nitrogen and oxygen atoms in total. The molecule has 0 bridgehead atoms. The molecule has 4 heteroatoms. The summed E-state index contributed by atoms with van der Waals surface area (Å²) in [4.78, 5) is 11.4. The summed E-state index contributed by atoms with van der Waals surface area (Å²) in [6, 6.07) is 1.77. The van der Waals surface area contributed by atoms with E-state index in [0.29, 0.717) is 12.2 Å². The van der Waals surface area contributed by atoms with Gasteiger partial charge in [0.05, 0.1) is 16.0 Å². The summed E-state index contributed by atoms with van der Waals surface area (Å²) in [5, 5.41) is 1.86. The minimum Gasteiger partial charge on any atom is -0.462 e. The summed E-state index contributed by atoms with van der Waals surface area (Å²) >= 11 is 4.78. The SMILES string of the molecule is CCCCOC(=O)c1ccsc1Br. The molecule has 0 fully saturated rings. The van der Waals surface area contributed by atoms with Gasteiger partial charge in [-0.2, -0.15) is 0 Å². The highest BCUT2D eigenvalue weighted by atomic mass is 79.9. The third kappa shape index (κ3) is 3.12. The number of hydrogen-bond acceptors (Lipinski definition) is 3. The van der Waals surface area contributed by atoms with E-state index in [-0.39, 0.29) is 5.97 Å². The van der Waals surface area contributed by atoms with E-state index in [1.165, 1.54) is 11.3 Å². The molecule has 0 atom stereocenters. The Hall–Kier alpha value is -0.350. The van der Waals surface area contributed by atoms with Gasteiger partial charge in [-0.3, -0.25) is 0 Å². The van der Waals surface area contributed by atoms with Crippen molar-refractivity contribution in [3.8, 4) is 0 Å². The van der Waals surface area contributed by atoms with Crippen molar-refractivity contribution in [3.63, 3.8) is 0 Å². The van der Waals surface area contributed by atoms with Gasteiger partial charge in [0, 0.05) is 0 Å². The van der Waals surface area contributed by atoms with Gasteiger partial charge in [0.25, 0.3) is 0 Å². The van der Waals surface area contributed by atoms with Crippen molar-refractivity contribution in [2.45, 2.75) is 19.8 Å². The molecule has 0 amide bonds. The van der Waals surface area contributed by atoms with Gasteiger partial charge >= 0.3 is 5.97 Å². The van der Waals surface area contributed by atoms with Gasteiger partial charge in [0.2, 0.25) is 0 Å². The normalized spacial score (nSPS) is 10.0. The molecule has 0 aliphatic heterocycles. The third-order valence-electron chi connectivity index (χ3n) is 1.57. The van der Waals surface area contributed by atoms with Crippen LogP contribution in [-0.4, -0.2) is 12.6 Å². The van der Waals surface area contributed by atoms with E-state index in [0.717, 1.165) is 16.6 Å². The second kappa shape index (κ2) is 5.40. The Kier molecular flexibility index (Phi) is 4.45. The minimum atomic E-state index is -0.235. The van der Waals surface area contributed by atoms with Crippen LogP contribution in [0.3, 0.4) is 0 Å². The van der Waals surface area contributed by atoms with Crippen molar-refractivity contribution in [2.24, 2.45) is 0 Å². The summed E-state index contributed by atoms with van der Waals surface area (Å²) in [6.45, 7) is 2.58. The van der Waals surface area contributed by atoms with Gasteiger partial charge in [-0.1, -0.05) is 13.3 Å². The van der Waals surface area contributed by atoms with Crippen molar-refractivity contribution in [3.05, 3.63) is 20.8 Å². The summed E-state index contributed by atoms with van der Waals surface area (Å²) in [5.74, 6) is -0.235. The van der Waals surface area contributed by atoms with Gasteiger partial charge in [-0.05, 0) is 33.8 Å². The molecule has 13 heavy (non-hydrogen) atoms. The second-order valence-electron chi connectivity index (χ2n) is 2.60. The molecule has 1 rings (SSSR count). The predicted molar refractivity (Wildman–Crippen MR) is 57.2 cm³/mol. The Morgan fingerprint density at radius 3 is 3.00 bits per heavy atom. The molecule has 1 aromatic heterocycles. The zero-order valence-corrected chi connectivity index (χ0v) is 9.78. The average molecular weight is 263 g/mol. The summed E-state index contributed by atoms with van der Waals surface area (Å²) in [5.41, 5.74) is 0.626. The van der Waals surface area contributed by atoms with E-state index in [9.17, 15) is 4.79 Å². The first-order valence-corrected chi connectivity index (χ1v) is 5.83. The van der Waals surface area contributed by atoms with Crippen LogP contribution < -0.4 is 0 Å². The van der Waals surface area contributed by atoms with Gasteiger partial charge in [-0.15, -0.1) is 11.3 Å². The smallest absolute Gasteiger partial charge is 0.340 e. The molecular formula is C9H11BrO2S. The maximum Gasteiger partial charge on any atom is 0.340 e. The lowest BCUT2D eigenvalue weighted by Crippen LogP contribution is -2.05. The Labute approximate surface area is 90.0 Å². The average Bonchev–Trinajstić information content (AvgIpc) is 2.52. The van der Waals surface area contributed by atoms with Crippen molar-refractivity contribution in [2.75, 3.05) is 6.61 Å². The van der Waals surface area contributed by atoms with E-state index >= 15 is 0 Å². The number of ether oxygens (including phenoxy) is 1. The second-order valence-corrected chi connectivity index (χ2v) is 4.83. The van der Waals surface area contributed by atoms with Crippen LogP contribution in [0.1, 0.15) is 30.1 Å². The van der Waals surface area contributed by atoms with Crippen LogP contribution in [0.25, 0.3) is 0 Å². The molecule has 1 heterocycles. The molecule has 72 valence electrons. The number of rotatable bonds is 4. The first-order valence-electron chi connectivity index (χ1n) is 4.15. The Morgan fingerprint density at radius 2 is 2.46 bits per heavy atom. The lowest BCUT2D eigenvalue weighted by Gasteiger charge is -2.01. The first kappa shape index (κ1) is 10.7. The molecule has 0 aliphatic carbocycles. The van der Waals surface area contributed by atoms with Crippen LogP contribution in [0.4, 0.5) is 0 Å². The predicted octanol–water partition coefficient (Wildman–Crippen LogP) is 3.47. The summed E-state index contributed by atoms with van der Waals surface area (Å²) < 4.78 is 5.89. The maximum absolute atomic E-state index is 11.4. The molecule has 0 radical (unpaired) electrons. The van der Waals surface area contributed by atoms with Crippen molar-refractivity contribution < 1.29 is 9.53 Å². The fraction of sp³-hybridized carbons (Fsp3) is 0.444. The van der Waals surface area contributed by atoms with Crippen molar-refractivity contribution in [1.29, 1.82) is 0 Å². The highest BCUT2D eigenvalue weighted by Crippen LogP contribution is 2.23. The van der Waals surface area contributed by atoms with Crippen LogP contribution in [-0.2, 0) is 4.74 Å². The molecule has 0 N–H and O–H groups in total. The fourth-order valence-corrected chi connectivity index (χ4v) is 2.05. The van der Waals surface area contributed by atoms with Gasteiger partial charge in [-0.25, -0.2) is 4.79 Å². The Morgan fingerprint density at radius 1 is 1.69 bits per heavy atom. The number of carbonyl (C=O) groups excluding carboxylic acids is 1. The summed E-state index contributed by atoms with van der Waals surface area (Å²) in [7, 11) is 0. The van der Waals surface area contributed by atoms with Crippen LogP contribution in [0.2, 0.25) is 0 Å². The van der Waals surface area contributed by atoms with Crippen LogP contribution in [0.5, 0.6) is 0 Å². The number of carbonyl (C=O) groups is 1. The topological polar surface area (TPSA) is 26.3 Å². The summed E-state index contributed by atoms with van der Waals surface area (Å²) in [6.07, 6.45) is 1.96. The van der Waals surface area contributed by atoms with E-state index in [1.807, 2.05) is 5.38 Å². The molecule has 0 aromatic carbocycles. The number of unbranched alkanes of at least 4 members (excludes halogenated alkanes) is 1. The molecule has 0 saturated heterocycles. The number of hydrogen-bond donors (Lipinski definition) is 0. The quantitative estimate of drug-likeness (QED) is 0.614. The van der Waals surface area contributed by atoms with E-state index in [1.54, 1.807) is 6.07 Å². The first-order chi connectivity index (χ1) is 6.25. The van der Waals surface area contributed by atoms with Crippen molar-refractivity contribution >= 4 is 33.2 Å². The van der Waals surface area contributed by atoms with E-state index in [4.69, 9.17) is 4.74 Å². The molecule has 1 aromatic rings. The Bertz CT molecular complexity index is 283. The highest BCUT2D eigenvalue weighted by Gasteiger charge is 2.11. The van der Waals surface area contributed by atoms with Gasteiger partial charge in [0.1, 0.15) is 0 Å². The van der Waals surface area contributed by atoms with Crippen LogP contribution >= 0.6 is 27.3 Å². The standard InChI is InChI=1S/C9H11BrO2S/c1-2-3-5-12-9(11)7-4-6-13-8(7)10/h4,6H,2-3,5H2,1H3. The van der Waals surface area contributed by atoms with Crippen LogP contribution in [0.15, 0.2) is 15.2 Å². The zero-order chi connectivity index (χ0) is 9.68. The van der Waals surface area contributed by atoms with E-state index in [2.05, 4.69) is 22.9 Å². The van der Waals surface area contributed by atoms with Crippen molar-refractivity contribution in [1.82, 2.24) is 0 Å². The number of halogens is 1. The maximum atomic E-state index is 11.4. The van der Waals surface area contributed by atoms with Crippen LogP contribution in [0, 0.1) is 0 Å². The third-order valence-corrected chi connectivity index (χ3v) is 3.26. The Balaban J connectivity index is 2.45. The van der Waals surface area contributed by atoms with Gasteiger partial charge < -0.3 is 4.74 Å². The number of esters is 1. The largest absolute Gasteiger partial charge is 0.462 e. The molecule has 0 spiro atoms. The molecule has 0 saturated carbocycles. The molecule has 0 unspecified atom stereocenters. The van der Waals surface area contributed by atoms with E-state index < -0.39 is 0 Å². The molecular weight excluding hydrogens is 252 g/mol. The highest BCUT2D eigenvalue weighted by molar-refractivity contribution is 9.11.